The normalized spacial score (nSPS) is 22.2. The van der Waals surface area contributed by atoms with Crippen LogP contribution in [0.5, 0.6) is 0 Å². The molecule has 17 heavy (non-hydrogen) atoms. The van der Waals surface area contributed by atoms with Gasteiger partial charge in [0, 0.05) is 11.7 Å². The zero-order valence-electron chi connectivity index (χ0n) is 10.5. The van der Waals surface area contributed by atoms with Crippen LogP contribution in [0.2, 0.25) is 0 Å². The first-order chi connectivity index (χ1) is 8.20. The van der Waals surface area contributed by atoms with Crippen molar-refractivity contribution in [3.8, 4) is 0 Å². The Balaban J connectivity index is 1.76. The van der Waals surface area contributed by atoms with Crippen LogP contribution in [-0.4, -0.2) is 18.5 Å². The molecule has 1 amide bonds. The molecule has 0 heterocycles. The lowest BCUT2D eigenvalue weighted by atomic mass is 10.2. The molecule has 2 rings (SSSR count). The van der Waals surface area contributed by atoms with Gasteiger partial charge < -0.3 is 10.6 Å². The summed E-state index contributed by atoms with van der Waals surface area (Å²) in [6, 6.07) is 8.39. The van der Waals surface area contributed by atoms with Crippen molar-refractivity contribution in [3.63, 3.8) is 0 Å². The molecule has 1 aliphatic carbocycles. The minimum atomic E-state index is 0.0426. The van der Waals surface area contributed by atoms with E-state index >= 15 is 0 Å². The third-order valence-corrected chi connectivity index (χ3v) is 3.39. The van der Waals surface area contributed by atoms with Gasteiger partial charge in [-0.25, -0.2) is 0 Å². The van der Waals surface area contributed by atoms with Crippen LogP contribution in [0.25, 0.3) is 0 Å². The molecule has 3 heteroatoms. The third-order valence-electron chi connectivity index (χ3n) is 3.39. The Hall–Kier alpha value is -1.35. The van der Waals surface area contributed by atoms with Gasteiger partial charge >= 0.3 is 0 Å². The van der Waals surface area contributed by atoms with Crippen molar-refractivity contribution in [2.75, 3.05) is 11.9 Å². The van der Waals surface area contributed by atoms with Crippen LogP contribution in [0.15, 0.2) is 24.3 Å². The van der Waals surface area contributed by atoms with E-state index in [0.717, 1.165) is 17.2 Å². The Bertz CT molecular complexity index is 403. The van der Waals surface area contributed by atoms with Gasteiger partial charge in [0.1, 0.15) is 0 Å². The van der Waals surface area contributed by atoms with E-state index in [-0.39, 0.29) is 5.91 Å². The summed E-state index contributed by atoms with van der Waals surface area (Å²) in [5, 5.41) is 6.21. The Morgan fingerprint density at radius 1 is 1.41 bits per heavy atom. The van der Waals surface area contributed by atoms with Crippen LogP contribution < -0.4 is 10.6 Å². The van der Waals surface area contributed by atoms with Crippen molar-refractivity contribution in [2.45, 2.75) is 32.7 Å². The Morgan fingerprint density at radius 2 is 2.18 bits per heavy atom. The first kappa shape index (κ1) is 12.1. The quantitative estimate of drug-likeness (QED) is 0.818. The number of carbonyl (C=O) groups is 1. The Morgan fingerprint density at radius 3 is 2.82 bits per heavy atom. The van der Waals surface area contributed by atoms with Gasteiger partial charge in [0.25, 0.3) is 0 Å². The SMILES string of the molecule is CCC1CC1NCC(=O)Nc1ccccc1C. The zero-order valence-corrected chi connectivity index (χ0v) is 10.5. The van der Waals surface area contributed by atoms with Gasteiger partial charge in [-0.2, -0.15) is 0 Å². The maximum Gasteiger partial charge on any atom is 0.238 e. The van der Waals surface area contributed by atoms with Crippen LogP contribution in [0.3, 0.4) is 0 Å². The van der Waals surface area contributed by atoms with E-state index in [9.17, 15) is 4.79 Å². The number of amides is 1. The van der Waals surface area contributed by atoms with E-state index in [1.54, 1.807) is 0 Å². The van der Waals surface area contributed by atoms with E-state index < -0.39 is 0 Å². The van der Waals surface area contributed by atoms with Crippen molar-refractivity contribution in [1.82, 2.24) is 5.32 Å². The van der Waals surface area contributed by atoms with E-state index in [1.807, 2.05) is 31.2 Å². The van der Waals surface area contributed by atoms with Crippen LogP contribution in [-0.2, 0) is 4.79 Å². The van der Waals surface area contributed by atoms with E-state index in [0.29, 0.717) is 12.6 Å². The van der Waals surface area contributed by atoms with Gasteiger partial charge in [-0.1, -0.05) is 31.5 Å². The number of nitrogens with one attached hydrogen (secondary N) is 2. The molecule has 0 aromatic heterocycles. The van der Waals surface area contributed by atoms with Crippen LogP contribution in [0.4, 0.5) is 5.69 Å². The molecule has 92 valence electrons. The molecule has 3 nitrogen and oxygen atoms in total. The maximum absolute atomic E-state index is 11.7. The minimum Gasteiger partial charge on any atom is -0.325 e. The number of rotatable bonds is 5. The molecule has 1 aromatic rings. The first-order valence-corrected chi connectivity index (χ1v) is 6.29. The van der Waals surface area contributed by atoms with E-state index in [4.69, 9.17) is 0 Å². The number of hydrogen-bond donors (Lipinski definition) is 2. The molecule has 1 saturated carbocycles. The number of benzene rings is 1. The fourth-order valence-electron chi connectivity index (χ4n) is 2.08. The predicted molar refractivity (Wildman–Crippen MR) is 70.0 cm³/mol. The largest absolute Gasteiger partial charge is 0.325 e. The third kappa shape index (κ3) is 3.30. The molecule has 2 N–H and O–H groups in total. The lowest BCUT2D eigenvalue weighted by molar-refractivity contribution is -0.115. The molecule has 0 spiro atoms. The molecule has 2 atom stereocenters. The fraction of sp³-hybridized carbons (Fsp3) is 0.500. The Kier molecular flexibility index (Phi) is 3.79. The predicted octanol–water partition coefficient (Wildman–Crippen LogP) is 2.32. The summed E-state index contributed by atoms with van der Waals surface area (Å²) in [6.45, 7) is 4.60. The minimum absolute atomic E-state index is 0.0426. The van der Waals surface area contributed by atoms with E-state index in [2.05, 4.69) is 17.6 Å². The van der Waals surface area contributed by atoms with Crippen molar-refractivity contribution in [2.24, 2.45) is 5.92 Å². The highest BCUT2D eigenvalue weighted by atomic mass is 16.1. The number of para-hydroxylation sites is 1. The summed E-state index contributed by atoms with van der Waals surface area (Å²) >= 11 is 0. The highest BCUT2D eigenvalue weighted by Crippen LogP contribution is 2.32. The molecular formula is C14H20N2O. The Labute approximate surface area is 103 Å². The second-order valence-corrected chi connectivity index (χ2v) is 4.75. The van der Waals surface area contributed by atoms with E-state index in [1.165, 1.54) is 12.8 Å². The van der Waals surface area contributed by atoms with Crippen LogP contribution in [0.1, 0.15) is 25.3 Å². The molecule has 1 fully saturated rings. The number of anilines is 1. The summed E-state index contributed by atoms with van der Waals surface area (Å²) in [5.41, 5.74) is 2.00. The van der Waals surface area contributed by atoms with Crippen LogP contribution >= 0.6 is 0 Å². The van der Waals surface area contributed by atoms with Gasteiger partial charge in [0.05, 0.1) is 6.54 Å². The topological polar surface area (TPSA) is 41.1 Å². The standard InChI is InChI=1S/C14H20N2O/c1-3-11-8-13(11)15-9-14(17)16-12-7-5-4-6-10(12)2/h4-7,11,13,15H,3,8-9H2,1-2H3,(H,16,17). The zero-order chi connectivity index (χ0) is 12.3. The molecule has 1 aliphatic rings. The maximum atomic E-state index is 11.7. The molecule has 2 unspecified atom stereocenters. The van der Waals surface area contributed by atoms with Gasteiger partial charge in [-0.3, -0.25) is 4.79 Å². The highest BCUT2D eigenvalue weighted by molar-refractivity contribution is 5.92. The molecule has 0 radical (unpaired) electrons. The molecule has 0 bridgehead atoms. The summed E-state index contributed by atoms with van der Waals surface area (Å²) < 4.78 is 0. The lowest BCUT2D eigenvalue weighted by Gasteiger charge is -2.08. The molecule has 0 aliphatic heterocycles. The average molecular weight is 232 g/mol. The second kappa shape index (κ2) is 5.32. The first-order valence-electron chi connectivity index (χ1n) is 6.29. The number of aryl methyl sites for hydroxylation is 1. The van der Waals surface area contributed by atoms with Gasteiger partial charge in [-0.05, 0) is 30.9 Å². The van der Waals surface area contributed by atoms with Crippen molar-refractivity contribution < 1.29 is 4.79 Å². The number of hydrogen-bond acceptors (Lipinski definition) is 2. The van der Waals surface area contributed by atoms with Gasteiger partial charge in [-0.15, -0.1) is 0 Å². The smallest absolute Gasteiger partial charge is 0.238 e. The summed E-state index contributed by atoms with van der Waals surface area (Å²) in [7, 11) is 0. The van der Waals surface area contributed by atoms with Crippen molar-refractivity contribution in [3.05, 3.63) is 29.8 Å². The summed E-state index contributed by atoms with van der Waals surface area (Å²) in [6.07, 6.45) is 2.42. The second-order valence-electron chi connectivity index (χ2n) is 4.75. The number of carbonyl (C=O) groups excluding carboxylic acids is 1. The molecular weight excluding hydrogens is 212 g/mol. The van der Waals surface area contributed by atoms with Gasteiger partial charge in [0.15, 0.2) is 0 Å². The average Bonchev–Trinajstić information content (AvgIpc) is 3.08. The lowest BCUT2D eigenvalue weighted by Crippen LogP contribution is -2.30. The monoisotopic (exact) mass is 232 g/mol. The molecule has 0 saturated heterocycles. The molecule has 1 aromatic carbocycles. The summed E-state index contributed by atoms with van der Waals surface area (Å²) in [5.74, 6) is 0.822. The van der Waals surface area contributed by atoms with Gasteiger partial charge in [0.2, 0.25) is 5.91 Å². The highest BCUT2D eigenvalue weighted by Gasteiger charge is 2.34. The summed E-state index contributed by atoms with van der Waals surface area (Å²) in [4.78, 5) is 11.7. The van der Waals surface area contributed by atoms with Crippen molar-refractivity contribution in [1.29, 1.82) is 0 Å². The fourth-order valence-corrected chi connectivity index (χ4v) is 2.08. The van der Waals surface area contributed by atoms with Crippen LogP contribution in [0, 0.1) is 12.8 Å². The van der Waals surface area contributed by atoms with Crippen molar-refractivity contribution >= 4 is 11.6 Å².